The molecule has 0 amide bonds. The summed E-state index contributed by atoms with van der Waals surface area (Å²) in [6, 6.07) is 1.59. The Morgan fingerprint density at radius 3 is 2.40 bits per heavy atom. The molecule has 1 aliphatic carbocycles. The molecule has 0 aromatic heterocycles. The van der Waals surface area contributed by atoms with E-state index in [-0.39, 0.29) is 0 Å². The molecule has 1 heterocycles. The minimum atomic E-state index is 0.433. The summed E-state index contributed by atoms with van der Waals surface area (Å²) in [5.74, 6) is 0. The van der Waals surface area contributed by atoms with Crippen LogP contribution >= 0.6 is 0 Å². The lowest BCUT2D eigenvalue weighted by atomic mass is 9.86. The van der Waals surface area contributed by atoms with Crippen molar-refractivity contribution >= 4 is 0 Å². The Hall–Kier alpha value is -0.0800. The van der Waals surface area contributed by atoms with Crippen molar-refractivity contribution in [2.24, 2.45) is 0 Å². The largest absolute Gasteiger partial charge is 0.316 e. The molecule has 2 fully saturated rings. The summed E-state index contributed by atoms with van der Waals surface area (Å²) in [4.78, 5) is 2.78. The van der Waals surface area contributed by atoms with E-state index in [1.54, 1.807) is 0 Å². The van der Waals surface area contributed by atoms with Gasteiger partial charge in [0.25, 0.3) is 0 Å². The maximum atomic E-state index is 3.45. The third-order valence-electron chi connectivity index (χ3n) is 4.47. The number of rotatable bonds is 2. The first-order valence-electron chi connectivity index (χ1n) is 6.57. The van der Waals surface area contributed by atoms with Gasteiger partial charge >= 0.3 is 0 Å². The first kappa shape index (κ1) is 11.4. The molecule has 2 nitrogen and oxygen atoms in total. The molecule has 0 bridgehead atoms. The van der Waals surface area contributed by atoms with Crippen LogP contribution in [0.3, 0.4) is 0 Å². The fourth-order valence-corrected chi connectivity index (χ4v) is 3.34. The second kappa shape index (κ2) is 4.42. The fraction of sp³-hybridized carbons (Fsp3) is 1.00. The molecule has 2 heteroatoms. The van der Waals surface area contributed by atoms with Crippen LogP contribution in [0.1, 0.15) is 52.4 Å². The average molecular weight is 210 g/mol. The van der Waals surface area contributed by atoms with Crippen molar-refractivity contribution in [1.29, 1.82) is 0 Å². The molecular weight excluding hydrogens is 184 g/mol. The van der Waals surface area contributed by atoms with Crippen molar-refractivity contribution in [1.82, 2.24) is 10.2 Å². The van der Waals surface area contributed by atoms with Gasteiger partial charge in [-0.3, -0.25) is 4.90 Å². The Morgan fingerprint density at radius 1 is 1.13 bits per heavy atom. The lowest BCUT2D eigenvalue weighted by molar-refractivity contribution is 0.0211. The van der Waals surface area contributed by atoms with Crippen LogP contribution in [0.4, 0.5) is 0 Å². The molecule has 1 N–H and O–H groups in total. The molecule has 1 aliphatic heterocycles. The summed E-state index contributed by atoms with van der Waals surface area (Å²) >= 11 is 0. The van der Waals surface area contributed by atoms with Crippen molar-refractivity contribution < 1.29 is 0 Å². The molecule has 1 atom stereocenters. The Labute approximate surface area is 94.4 Å². The predicted octanol–water partition coefficient (Wildman–Crippen LogP) is 2.39. The molecule has 1 unspecified atom stereocenters. The topological polar surface area (TPSA) is 15.3 Å². The van der Waals surface area contributed by atoms with Crippen LogP contribution in [0.15, 0.2) is 0 Å². The maximum absolute atomic E-state index is 3.45. The summed E-state index contributed by atoms with van der Waals surface area (Å²) in [5.41, 5.74) is 0.433. The normalized spacial score (nSPS) is 33.4. The predicted molar refractivity (Wildman–Crippen MR) is 65.1 cm³/mol. The van der Waals surface area contributed by atoms with Crippen molar-refractivity contribution in [3.63, 3.8) is 0 Å². The van der Waals surface area contributed by atoms with E-state index < -0.39 is 0 Å². The smallest absolute Gasteiger partial charge is 0.0193 e. The Kier molecular flexibility index (Phi) is 3.36. The fourth-order valence-electron chi connectivity index (χ4n) is 3.34. The van der Waals surface area contributed by atoms with E-state index in [1.807, 2.05) is 0 Å². The van der Waals surface area contributed by atoms with Gasteiger partial charge in [-0.1, -0.05) is 12.8 Å². The van der Waals surface area contributed by atoms with Gasteiger partial charge in [0.15, 0.2) is 0 Å². The molecule has 88 valence electrons. The molecule has 0 aromatic carbocycles. The number of likely N-dealkylation sites (N-methyl/N-ethyl adjacent to an activating group) is 1. The van der Waals surface area contributed by atoms with Gasteiger partial charge in [-0.2, -0.15) is 0 Å². The van der Waals surface area contributed by atoms with Crippen molar-refractivity contribution in [2.75, 3.05) is 13.6 Å². The van der Waals surface area contributed by atoms with Crippen LogP contribution in [0, 0.1) is 0 Å². The van der Waals surface area contributed by atoms with Crippen molar-refractivity contribution in [2.45, 2.75) is 70.0 Å². The van der Waals surface area contributed by atoms with Crippen LogP contribution in [-0.2, 0) is 0 Å². The van der Waals surface area contributed by atoms with Gasteiger partial charge in [-0.05, 0) is 46.6 Å². The molecule has 15 heavy (non-hydrogen) atoms. The lowest BCUT2D eigenvalue weighted by Gasteiger charge is -2.48. The summed E-state index contributed by atoms with van der Waals surface area (Å²) in [7, 11) is 2.11. The monoisotopic (exact) mass is 210 g/mol. The van der Waals surface area contributed by atoms with E-state index in [9.17, 15) is 0 Å². The highest BCUT2D eigenvalue weighted by molar-refractivity contribution is 4.95. The van der Waals surface area contributed by atoms with Gasteiger partial charge in [-0.25, -0.2) is 0 Å². The zero-order valence-corrected chi connectivity index (χ0v) is 10.6. The molecule has 0 aromatic rings. The van der Waals surface area contributed by atoms with E-state index in [0.29, 0.717) is 5.54 Å². The van der Waals surface area contributed by atoms with Crippen LogP contribution in [-0.4, -0.2) is 36.1 Å². The lowest BCUT2D eigenvalue weighted by Crippen LogP contribution is -2.58. The molecule has 1 saturated heterocycles. The highest BCUT2D eigenvalue weighted by atomic mass is 15.2. The van der Waals surface area contributed by atoms with E-state index in [0.717, 1.165) is 12.1 Å². The third kappa shape index (κ3) is 2.36. The van der Waals surface area contributed by atoms with E-state index in [1.165, 1.54) is 45.1 Å². The van der Waals surface area contributed by atoms with Gasteiger partial charge in [0.2, 0.25) is 0 Å². The summed E-state index contributed by atoms with van der Waals surface area (Å²) in [5, 5.41) is 3.45. The van der Waals surface area contributed by atoms with Crippen LogP contribution in [0.25, 0.3) is 0 Å². The van der Waals surface area contributed by atoms with Gasteiger partial charge < -0.3 is 5.32 Å². The summed E-state index contributed by atoms with van der Waals surface area (Å²) in [6.45, 7) is 6.11. The average Bonchev–Trinajstić information content (AvgIpc) is 2.70. The molecule has 2 aliphatic rings. The molecule has 2 rings (SSSR count). The SMILES string of the molecule is CNC1CCC(C)(C)N(C2CCCC2)C1. The maximum Gasteiger partial charge on any atom is 0.0193 e. The molecule has 0 radical (unpaired) electrons. The highest BCUT2D eigenvalue weighted by Crippen LogP contribution is 2.35. The number of hydrogen-bond acceptors (Lipinski definition) is 2. The Bertz CT molecular complexity index is 207. The van der Waals surface area contributed by atoms with Crippen molar-refractivity contribution in [3.8, 4) is 0 Å². The Balaban J connectivity index is 2.03. The van der Waals surface area contributed by atoms with Gasteiger partial charge in [0.05, 0.1) is 0 Å². The quantitative estimate of drug-likeness (QED) is 0.753. The van der Waals surface area contributed by atoms with Gasteiger partial charge in [-0.15, -0.1) is 0 Å². The third-order valence-corrected chi connectivity index (χ3v) is 4.47. The minimum absolute atomic E-state index is 0.433. The van der Waals surface area contributed by atoms with E-state index in [2.05, 4.69) is 31.1 Å². The number of likely N-dealkylation sites (tertiary alicyclic amines) is 1. The second-order valence-corrected chi connectivity index (χ2v) is 5.93. The first-order chi connectivity index (χ1) is 7.13. The van der Waals surface area contributed by atoms with Crippen molar-refractivity contribution in [3.05, 3.63) is 0 Å². The van der Waals surface area contributed by atoms with Crippen LogP contribution in [0.5, 0.6) is 0 Å². The standard InChI is InChI=1S/C13H26N2/c1-13(2)9-8-11(14-3)10-15(13)12-6-4-5-7-12/h11-12,14H,4-10H2,1-3H3. The zero-order chi connectivity index (χ0) is 10.9. The number of nitrogens with one attached hydrogen (secondary N) is 1. The van der Waals surface area contributed by atoms with Gasteiger partial charge in [0, 0.05) is 24.2 Å². The van der Waals surface area contributed by atoms with Gasteiger partial charge in [0.1, 0.15) is 0 Å². The second-order valence-electron chi connectivity index (χ2n) is 5.93. The highest BCUT2D eigenvalue weighted by Gasteiger charge is 2.38. The Morgan fingerprint density at radius 2 is 1.80 bits per heavy atom. The van der Waals surface area contributed by atoms with E-state index >= 15 is 0 Å². The van der Waals surface area contributed by atoms with E-state index in [4.69, 9.17) is 0 Å². The molecular formula is C13H26N2. The summed E-state index contributed by atoms with van der Waals surface area (Å²) < 4.78 is 0. The molecule has 0 spiro atoms. The first-order valence-corrected chi connectivity index (χ1v) is 6.57. The van der Waals surface area contributed by atoms with Crippen LogP contribution in [0.2, 0.25) is 0 Å². The number of hydrogen-bond donors (Lipinski definition) is 1. The number of nitrogens with zero attached hydrogens (tertiary/aromatic N) is 1. The van der Waals surface area contributed by atoms with Crippen LogP contribution < -0.4 is 5.32 Å². The summed E-state index contributed by atoms with van der Waals surface area (Å²) in [6.07, 6.45) is 8.43. The zero-order valence-electron chi connectivity index (χ0n) is 10.6. The molecule has 1 saturated carbocycles. The number of piperidine rings is 1. The minimum Gasteiger partial charge on any atom is -0.316 e.